The van der Waals surface area contributed by atoms with Gasteiger partial charge in [-0.25, -0.2) is 4.79 Å². The standard InChI is InChI=1S/C10H19NO2/c1-6-7-8(2)10(12)13-9(3)11(4)5/h9H,2,6-7H2,1,3-5H3. The molecule has 0 rings (SSSR count). The van der Waals surface area contributed by atoms with Crippen molar-refractivity contribution >= 4 is 5.97 Å². The van der Waals surface area contributed by atoms with Gasteiger partial charge in [0.25, 0.3) is 0 Å². The van der Waals surface area contributed by atoms with Gasteiger partial charge in [-0.1, -0.05) is 19.9 Å². The predicted octanol–water partition coefficient (Wildman–Crippen LogP) is 1.79. The van der Waals surface area contributed by atoms with Crippen molar-refractivity contribution in [3.8, 4) is 0 Å². The summed E-state index contributed by atoms with van der Waals surface area (Å²) in [6.07, 6.45) is 1.43. The van der Waals surface area contributed by atoms with Crippen molar-refractivity contribution in [3.05, 3.63) is 12.2 Å². The molecule has 1 atom stereocenters. The van der Waals surface area contributed by atoms with Crippen LogP contribution in [0.4, 0.5) is 0 Å². The van der Waals surface area contributed by atoms with Crippen LogP contribution in [0, 0.1) is 0 Å². The molecule has 0 aromatic heterocycles. The fourth-order valence-corrected chi connectivity index (χ4v) is 0.747. The number of hydrogen-bond donors (Lipinski definition) is 0. The first-order valence-electron chi connectivity index (χ1n) is 4.54. The number of carbonyl (C=O) groups excluding carboxylic acids is 1. The van der Waals surface area contributed by atoms with Gasteiger partial charge in [-0.3, -0.25) is 4.90 Å². The zero-order valence-electron chi connectivity index (χ0n) is 8.96. The van der Waals surface area contributed by atoms with E-state index in [0.717, 1.165) is 6.42 Å². The highest BCUT2D eigenvalue weighted by Gasteiger charge is 2.13. The molecular formula is C10H19NO2. The Bertz CT molecular complexity index is 187. The Hall–Kier alpha value is -0.830. The number of esters is 1. The first-order chi connectivity index (χ1) is 5.99. The zero-order chi connectivity index (χ0) is 10.4. The Kier molecular flexibility index (Phi) is 5.39. The van der Waals surface area contributed by atoms with Crippen LogP contribution in [0.3, 0.4) is 0 Å². The molecule has 3 heteroatoms. The summed E-state index contributed by atoms with van der Waals surface area (Å²) in [5.41, 5.74) is 0.552. The molecule has 0 aromatic rings. The molecule has 0 radical (unpaired) electrons. The van der Waals surface area contributed by atoms with Crippen molar-refractivity contribution in [2.45, 2.75) is 32.9 Å². The molecule has 0 saturated carbocycles. The Morgan fingerprint density at radius 3 is 2.46 bits per heavy atom. The summed E-state index contributed by atoms with van der Waals surface area (Å²) in [6, 6.07) is 0. The Balaban J connectivity index is 3.93. The lowest BCUT2D eigenvalue weighted by atomic mass is 10.2. The minimum atomic E-state index is -0.289. The Morgan fingerprint density at radius 2 is 2.08 bits per heavy atom. The lowest BCUT2D eigenvalue weighted by Crippen LogP contribution is -2.30. The van der Waals surface area contributed by atoms with E-state index in [9.17, 15) is 4.79 Å². The summed E-state index contributed by atoms with van der Waals surface area (Å²) >= 11 is 0. The molecule has 1 unspecified atom stereocenters. The van der Waals surface area contributed by atoms with E-state index in [0.29, 0.717) is 12.0 Å². The Morgan fingerprint density at radius 1 is 1.54 bits per heavy atom. The smallest absolute Gasteiger partial charge is 0.334 e. The molecule has 0 aromatic carbocycles. The Labute approximate surface area is 80.4 Å². The van der Waals surface area contributed by atoms with E-state index in [-0.39, 0.29) is 12.2 Å². The molecule has 0 amide bonds. The van der Waals surface area contributed by atoms with Gasteiger partial charge >= 0.3 is 5.97 Å². The second kappa shape index (κ2) is 5.75. The van der Waals surface area contributed by atoms with Gasteiger partial charge in [0.05, 0.1) is 0 Å². The van der Waals surface area contributed by atoms with E-state index in [1.54, 1.807) is 0 Å². The van der Waals surface area contributed by atoms with Crippen LogP contribution in [0.15, 0.2) is 12.2 Å². The topological polar surface area (TPSA) is 29.5 Å². The van der Waals surface area contributed by atoms with Crippen LogP contribution < -0.4 is 0 Å². The van der Waals surface area contributed by atoms with Crippen molar-refractivity contribution in [2.24, 2.45) is 0 Å². The first kappa shape index (κ1) is 12.2. The molecule has 0 spiro atoms. The second-order valence-electron chi connectivity index (χ2n) is 3.32. The van der Waals surface area contributed by atoms with Gasteiger partial charge in [0.2, 0.25) is 0 Å². The van der Waals surface area contributed by atoms with E-state index in [1.165, 1.54) is 0 Å². The van der Waals surface area contributed by atoms with Crippen molar-refractivity contribution in [3.63, 3.8) is 0 Å². The van der Waals surface area contributed by atoms with E-state index in [2.05, 4.69) is 6.58 Å². The number of carbonyl (C=O) groups is 1. The summed E-state index contributed by atoms with van der Waals surface area (Å²) in [4.78, 5) is 13.1. The highest BCUT2D eigenvalue weighted by molar-refractivity contribution is 5.87. The minimum Gasteiger partial charge on any atom is -0.443 e. The lowest BCUT2D eigenvalue weighted by Gasteiger charge is -2.20. The average Bonchev–Trinajstić information content (AvgIpc) is 2.04. The summed E-state index contributed by atoms with van der Waals surface area (Å²) in [6.45, 7) is 7.50. The molecule has 0 heterocycles. The maximum Gasteiger partial charge on any atom is 0.334 e. The monoisotopic (exact) mass is 185 g/mol. The number of nitrogens with zero attached hydrogens (tertiary/aromatic N) is 1. The van der Waals surface area contributed by atoms with E-state index in [4.69, 9.17) is 4.74 Å². The quantitative estimate of drug-likeness (QED) is 0.371. The third kappa shape index (κ3) is 4.68. The summed E-state index contributed by atoms with van der Waals surface area (Å²) in [7, 11) is 3.72. The maximum absolute atomic E-state index is 11.3. The number of rotatable bonds is 5. The van der Waals surface area contributed by atoms with Crippen molar-refractivity contribution < 1.29 is 9.53 Å². The molecule has 0 aliphatic rings. The lowest BCUT2D eigenvalue weighted by molar-refractivity contribution is -0.150. The third-order valence-electron chi connectivity index (χ3n) is 1.85. The van der Waals surface area contributed by atoms with E-state index in [1.807, 2.05) is 32.8 Å². The van der Waals surface area contributed by atoms with Gasteiger partial charge in [0.15, 0.2) is 6.23 Å². The molecule has 0 aliphatic carbocycles. The number of hydrogen-bond acceptors (Lipinski definition) is 3. The summed E-state index contributed by atoms with van der Waals surface area (Å²) in [5.74, 6) is -0.289. The third-order valence-corrected chi connectivity index (χ3v) is 1.85. The fourth-order valence-electron chi connectivity index (χ4n) is 0.747. The van der Waals surface area contributed by atoms with Gasteiger partial charge < -0.3 is 4.74 Å². The van der Waals surface area contributed by atoms with Crippen LogP contribution in [0.5, 0.6) is 0 Å². The summed E-state index contributed by atoms with van der Waals surface area (Å²) < 4.78 is 5.11. The highest BCUT2D eigenvalue weighted by Crippen LogP contribution is 2.06. The molecule has 13 heavy (non-hydrogen) atoms. The molecule has 0 saturated heterocycles. The molecular weight excluding hydrogens is 166 g/mol. The normalized spacial score (nSPS) is 12.7. The largest absolute Gasteiger partial charge is 0.443 e. The highest BCUT2D eigenvalue weighted by atomic mass is 16.6. The van der Waals surface area contributed by atoms with Crippen LogP contribution in [0.1, 0.15) is 26.7 Å². The van der Waals surface area contributed by atoms with Gasteiger partial charge in [0.1, 0.15) is 0 Å². The van der Waals surface area contributed by atoms with Crippen LogP contribution in [-0.4, -0.2) is 31.2 Å². The molecule has 0 bridgehead atoms. The van der Waals surface area contributed by atoms with Gasteiger partial charge in [-0.2, -0.15) is 0 Å². The van der Waals surface area contributed by atoms with Crippen molar-refractivity contribution in [1.82, 2.24) is 4.90 Å². The molecule has 0 N–H and O–H groups in total. The summed E-state index contributed by atoms with van der Waals surface area (Å²) in [5, 5.41) is 0. The molecule has 0 aliphatic heterocycles. The van der Waals surface area contributed by atoms with Crippen molar-refractivity contribution in [1.29, 1.82) is 0 Å². The zero-order valence-corrected chi connectivity index (χ0v) is 8.96. The SMILES string of the molecule is C=C(CCC)C(=O)OC(C)N(C)C. The predicted molar refractivity (Wildman–Crippen MR) is 53.3 cm³/mol. The van der Waals surface area contributed by atoms with Crippen LogP contribution in [-0.2, 0) is 9.53 Å². The van der Waals surface area contributed by atoms with Gasteiger partial charge in [-0.05, 0) is 27.4 Å². The van der Waals surface area contributed by atoms with Crippen molar-refractivity contribution in [2.75, 3.05) is 14.1 Å². The molecule has 76 valence electrons. The molecule has 0 fully saturated rings. The van der Waals surface area contributed by atoms with E-state index < -0.39 is 0 Å². The van der Waals surface area contributed by atoms with Crippen LogP contribution in [0.25, 0.3) is 0 Å². The second-order valence-corrected chi connectivity index (χ2v) is 3.32. The first-order valence-corrected chi connectivity index (χ1v) is 4.54. The van der Waals surface area contributed by atoms with E-state index >= 15 is 0 Å². The average molecular weight is 185 g/mol. The van der Waals surface area contributed by atoms with Gasteiger partial charge in [0, 0.05) is 5.57 Å². The van der Waals surface area contributed by atoms with Crippen LogP contribution >= 0.6 is 0 Å². The van der Waals surface area contributed by atoms with Crippen LogP contribution in [0.2, 0.25) is 0 Å². The number of ether oxygens (including phenoxy) is 1. The minimum absolute atomic E-state index is 0.193. The van der Waals surface area contributed by atoms with Gasteiger partial charge in [-0.15, -0.1) is 0 Å². The molecule has 3 nitrogen and oxygen atoms in total. The fraction of sp³-hybridized carbons (Fsp3) is 0.700. The maximum atomic E-state index is 11.3.